The van der Waals surface area contributed by atoms with Gasteiger partial charge in [-0.2, -0.15) is 5.09 Å². The van der Waals surface area contributed by atoms with Crippen LogP contribution in [-0.2, 0) is 18.6 Å². The lowest BCUT2D eigenvalue weighted by Crippen LogP contribution is -2.36. The Kier molecular flexibility index (Phi) is 7.59. The molecule has 0 bridgehead atoms. The molecule has 0 radical (unpaired) electrons. The Bertz CT molecular complexity index is 506. The molecule has 2 atom stereocenters. The van der Waals surface area contributed by atoms with Crippen molar-refractivity contribution in [3.63, 3.8) is 0 Å². The van der Waals surface area contributed by atoms with E-state index in [1.165, 1.54) is 0 Å². The summed E-state index contributed by atoms with van der Waals surface area (Å²) < 4.78 is 28.6. The Morgan fingerprint density at radius 1 is 1.23 bits per heavy atom. The molecule has 6 nitrogen and oxygen atoms in total. The largest absolute Gasteiger partial charge is 0.462 e. The minimum absolute atomic E-state index is 0.247. The zero-order chi connectivity index (χ0) is 16.6. The van der Waals surface area contributed by atoms with Gasteiger partial charge >= 0.3 is 13.7 Å². The van der Waals surface area contributed by atoms with Crippen LogP contribution in [0.5, 0.6) is 5.75 Å². The van der Waals surface area contributed by atoms with Crippen LogP contribution >= 0.6 is 7.75 Å². The molecular weight excluding hydrogens is 305 g/mol. The van der Waals surface area contributed by atoms with Gasteiger partial charge in [-0.1, -0.05) is 25.1 Å². The monoisotopic (exact) mass is 329 g/mol. The van der Waals surface area contributed by atoms with Crippen molar-refractivity contribution in [3.05, 3.63) is 30.3 Å². The molecule has 0 aliphatic carbocycles. The SMILES string of the molecule is CCCO[P@@](=O)(N[C@@H](C)C(=O)OC(C)C)Oc1ccccc1. The van der Waals surface area contributed by atoms with E-state index in [1.807, 2.05) is 13.0 Å². The zero-order valence-corrected chi connectivity index (χ0v) is 14.3. The van der Waals surface area contributed by atoms with Crippen molar-refractivity contribution in [2.75, 3.05) is 6.61 Å². The van der Waals surface area contributed by atoms with Gasteiger partial charge in [-0.15, -0.1) is 0 Å². The standard InChI is InChI=1S/C15H24NO5P/c1-5-11-19-22(18,21-14-9-7-6-8-10-14)16-13(4)15(17)20-12(2)3/h6-10,12-13H,5,11H2,1-4H3,(H,16,18)/t13-,22-/m0/s1. The van der Waals surface area contributed by atoms with Crippen molar-refractivity contribution in [1.82, 2.24) is 5.09 Å². The molecule has 0 saturated carbocycles. The predicted molar refractivity (Wildman–Crippen MR) is 84.7 cm³/mol. The Balaban J connectivity index is 2.78. The molecule has 1 aromatic carbocycles. The second kappa shape index (κ2) is 8.93. The van der Waals surface area contributed by atoms with Gasteiger partial charge in [0.25, 0.3) is 0 Å². The molecule has 0 spiro atoms. The van der Waals surface area contributed by atoms with E-state index in [1.54, 1.807) is 45.0 Å². The fourth-order valence-corrected chi connectivity index (χ4v) is 3.13. The maximum Gasteiger partial charge on any atom is 0.459 e. The van der Waals surface area contributed by atoms with Crippen LogP contribution in [0.15, 0.2) is 30.3 Å². The van der Waals surface area contributed by atoms with Crippen LogP contribution in [0.3, 0.4) is 0 Å². The van der Waals surface area contributed by atoms with Gasteiger partial charge in [0.15, 0.2) is 0 Å². The topological polar surface area (TPSA) is 73.9 Å². The highest BCUT2D eigenvalue weighted by molar-refractivity contribution is 7.52. The maximum absolute atomic E-state index is 12.8. The lowest BCUT2D eigenvalue weighted by atomic mass is 10.3. The summed E-state index contributed by atoms with van der Waals surface area (Å²) in [6.07, 6.45) is 0.428. The average molecular weight is 329 g/mol. The molecule has 0 saturated heterocycles. The van der Waals surface area contributed by atoms with E-state index in [0.29, 0.717) is 12.2 Å². The molecule has 124 valence electrons. The van der Waals surface area contributed by atoms with Gasteiger partial charge in [0.05, 0.1) is 12.7 Å². The highest BCUT2D eigenvalue weighted by Gasteiger charge is 2.32. The summed E-state index contributed by atoms with van der Waals surface area (Å²) in [7, 11) is -3.66. The van der Waals surface area contributed by atoms with E-state index in [2.05, 4.69) is 5.09 Å². The molecule has 0 aliphatic heterocycles. The Morgan fingerprint density at radius 3 is 2.41 bits per heavy atom. The van der Waals surface area contributed by atoms with E-state index in [-0.39, 0.29) is 12.7 Å². The number of carbonyl (C=O) groups is 1. The summed E-state index contributed by atoms with van der Waals surface area (Å²) in [5.41, 5.74) is 0. The molecule has 0 heterocycles. The summed E-state index contributed by atoms with van der Waals surface area (Å²) in [5, 5.41) is 2.62. The van der Waals surface area contributed by atoms with E-state index in [4.69, 9.17) is 13.8 Å². The number of esters is 1. The fourth-order valence-electron chi connectivity index (χ4n) is 1.55. The highest BCUT2D eigenvalue weighted by Crippen LogP contribution is 2.44. The minimum Gasteiger partial charge on any atom is -0.462 e. The quantitative estimate of drug-likeness (QED) is 0.552. The number of hydrogen-bond donors (Lipinski definition) is 1. The van der Waals surface area contributed by atoms with Crippen LogP contribution in [0.2, 0.25) is 0 Å². The van der Waals surface area contributed by atoms with Crippen LogP contribution in [0.1, 0.15) is 34.1 Å². The van der Waals surface area contributed by atoms with Crippen LogP contribution < -0.4 is 9.61 Å². The molecule has 0 unspecified atom stereocenters. The number of benzene rings is 1. The summed E-state index contributed by atoms with van der Waals surface area (Å²) in [5.74, 6) is -0.106. The van der Waals surface area contributed by atoms with Crippen molar-refractivity contribution in [1.29, 1.82) is 0 Å². The molecule has 0 fully saturated rings. The van der Waals surface area contributed by atoms with Crippen LogP contribution in [0, 0.1) is 0 Å². The third kappa shape index (κ3) is 6.60. The number of ether oxygens (including phenoxy) is 1. The van der Waals surface area contributed by atoms with Crippen LogP contribution in [-0.4, -0.2) is 24.7 Å². The smallest absolute Gasteiger partial charge is 0.459 e. The van der Waals surface area contributed by atoms with Gasteiger partial charge in [-0.3, -0.25) is 9.32 Å². The van der Waals surface area contributed by atoms with E-state index in [0.717, 1.165) is 0 Å². The molecule has 0 aliphatic rings. The van der Waals surface area contributed by atoms with Gasteiger partial charge in [-0.05, 0) is 39.3 Å². The molecule has 0 aromatic heterocycles. The van der Waals surface area contributed by atoms with E-state index in [9.17, 15) is 9.36 Å². The molecule has 1 rings (SSSR count). The fraction of sp³-hybridized carbons (Fsp3) is 0.533. The number of para-hydroxylation sites is 1. The van der Waals surface area contributed by atoms with Crippen molar-refractivity contribution >= 4 is 13.7 Å². The van der Waals surface area contributed by atoms with Crippen molar-refractivity contribution in [3.8, 4) is 5.75 Å². The normalized spacial score (nSPS) is 15.1. The van der Waals surface area contributed by atoms with Gasteiger partial charge in [0.2, 0.25) is 0 Å². The summed E-state index contributed by atoms with van der Waals surface area (Å²) >= 11 is 0. The summed E-state index contributed by atoms with van der Waals surface area (Å²) in [6.45, 7) is 7.20. The lowest BCUT2D eigenvalue weighted by Gasteiger charge is -2.23. The molecule has 0 amide bonds. The zero-order valence-electron chi connectivity index (χ0n) is 13.4. The highest BCUT2D eigenvalue weighted by atomic mass is 31.2. The molecule has 1 N–H and O–H groups in total. The molecule has 7 heteroatoms. The second-order valence-electron chi connectivity index (χ2n) is 5.07. The van der Waals surface area contributed by atoms with E-state index < -0.39 is 19.8 Å². The number of nitrogens with one attached hydrogen (secondary N) is 1. The Labute approximate surface area is 131 Å². The first-order chi connectivity index (χ1) is 10.4. The van der Waals surface area contributed by atoms with Gasteiger partial charge in [0, 0.05) is 0 Å². The second-order valence-corrected chi connectivity index (χ2v) is 6.77. The van der Waals surface area contributed by atoms with E-state index >= 15 is 0 Å². The number of hydrogen-bond acceptors (Lipinski definition) is 5. The molecular formula is C15H24NO5P. The Hall–Kier alpha value is -1.36. The third-order valence-electron chi connectivity index (χ3n) is 2.49. The van der Waals surface area contributed by atoms with Crippen LogP contribution in [0.4, 0.5) is 0 Å². The van der Waals surface area contributed by atoms with Crippen molar-refractivity contribution < 1.29 is 23.1 Å². The predicted octanol–water partition coefficient (Wildman–Crippen LogP) is 3.53. The number of rotatable bonds is 9. The lowest BCUT2D eigenvalue weighted by molar-refractivity contribution is -0.149. The first-order valence-corrected chi connectivity index (χ1v) is 8.88. The summed E-state index contributed by atoms with van der Waals surface area (Å²) in [6, 6.07) is 7.86. The Morgan fingerprint density at radius 2 is 1.86 bits per heavy atom. The van der Waals surface area contributed by atoms with Crippen LogP contribution in [0.25, 0.3) is 0 Å². The number of carbonyl (C=O) groups excluding carboxylic acids is 1. The van der Waals surface area contributed by atoms with Crippen molar-refractivity contribution in [2.45, 2.75) is 46.3 Å². The first kappa shape index (κ1) is 18.7. The third-order valence-corrected chi connectivity index (χ3v) is 4.17. The first-order valence-electron chi connectivity index (χ1n) is 7.34. The van der Waals surface area contributed by atoms with Crippen molar-refractivity contribution in [2.24, 2.45) is 0 Å². The minimum atomic E-state index is -3.66. The van der Waals surface area contributed by atoms with Gasteiger partial charge in [0.1, 0.15) is 11.8 Å². The van der Waals surface area contributed by atoms with Gasteiger partial charge < -0.3 is 9.26 Å². The maximum atomic E-state index is 12.8. The molecule has 1 aromatic rings. The molecule has 22 heavy (non-hydrogen) atoms. The average Bonchev–Trinajstić information content (AvgIpc) is 2.45. The van der Waals surface area contributed by atoms with Gasteiger partial charge in [-0.25, -0.2) is 4.57 Å². The summed E-state index contributed by atoms with van der Waals surface area (Å²) in [4.78, 5) is 11.8.